The average Bonchev–Trinajstić information content (AvgIpc) is 2.69. The maximum Gasteiger partial charge on any atom is 0.110 e. The van der Waals surface area contributed by atoms with Crippen LogP contribution in [0.4, 0.5) is 0 Å². The van der Waals surface area contributed by atoms with Gasteiger partial charge in [0.15, 0.2) is 0 Å². The van der Waals surface area contributed by atoms with Gasteiger partial charge in [-0.15, -0.1) is 0 Å². The van der Waals surface area contributed by atoms with Crippen LogP contribution in [0.5, 0.6) is 0 Å². The molecule has 0 saturated heterocycles. The molecule has 140 valence electrons. The Bertz CT molecular complexity index is 1060. The van der Waals surface area contributed by atoms with Crippen LogP contribution >= 0.6 is 34.8 Å². The summed E-state index contributed by atoms with van der Waals surface area (Å²) in [6.07, 6.45) is 5.20. The van der Waals surface area contributed by atoms with Crippen LogP contribution in [0, 0.1) is 11.3 Å². The second kappa shape index (κ2) is 9.12. The lowest BCUT2D eigenvalue weighted by molar-refractivity contribution is 0.214. The molecule has 2 aromatic carbocycles. The highest BCUT2D eigenvalue weighted by atomic mass is 35.5. The highest BCUT2D eigenvalue weighted by Gasteiger charge is 2.27. The third-order valence-electron chi connectivity index (χ3n) is 4.24. The topological polar surface area (TPSA) is 45.4 Å². The van der Waals surface area contributed by atoms with E-state index in [1.807, 2.05) is 36.4 Å². The normalized spacial score (nSPS) is 17.7. The summed E-state index contributed by atoms with van der Waals surface area (Å²) in [5, 5.41) is 15.7. The highest BCUT2D eigenvalue weighted by Crippen LogP contribution is 2.41. The van der Waals surface area contributed by atoms with E-state index in [4.69, 9.17) is 39.6 Å². The van der Waals surface area contributed by atoms with Crippen LogP contribution < -0.4 is 0 Å². The summed E-state index contributed by atoms with van der Waals surface area (Å²) in [6, 6.07) is 16.9. The average molecular weight is 430 g/mol. The summed E-state index contributed by atoms with van der Waals surface area (Å²) in [5.41, 5.74) is 3.21. The predicted octanol–water partition coefficient (Wildman–Crippen LogP) is 6.75. The quantitative estimate of drug-likeness (QED) is 0.505. The minimum atomic E-state index is -0.696. The number of hydrogen-bond donors (Lipinski definition) is 0. The first-order valence-electron chi connectivity index (χ1n) is 8.36. The maximum absolute atomic E-state index is 10.1. The number of benzene rings is 2. The minimum absolute atomic E-state index is 0.492. The first-order valence-corrected chi connectivity index (χ1v) is 9.50. The Kier molecular flexibility index (Phi) is 6.59. The number of allylic oxidation sites excluding steroid dienone is 6. The summed E-state index contributed by atoms with van der Waals surface area (Å²) in [5.74, 6) is -0.696. The van der Waals surface area contributed by atoms with Gasteiger partial charge in [-0.25, -0.2) is 0 Å². The van der Waals surface area contributed by atoms with Gasteiger partial charge < -0.3 is 4.84 Å². The molecular formula is C22H15Cl3N2O. The molecule has 1 aliphatic carbocycles. The predicted molar refractivity (Wildman–Crippen MR) is 116 cm³/mol. The van der Waals surface area contributed by atoms with Gasteiger partial charge in [-0.2, -0.15) is 5.26 Å². The molecule has 0 amide bonds. The summed E-state index contributed by atoms with van der Waals surface area (Å²) in [6.45, 7) is 0. The van der Waals surface area contributed by atoms with Crippen LogP contribution in [-0.2, 0) is 4.84 Å². The summed E-state index contributed by atoms with van der Waals surface area (Å²) < 4.78 is 0. The van der Waals surface area contributed by atoms with Crippen LogP contribution in [0.25, 0.3) is 5.57 Å². The Morgan fingerprint density at radius 1 is 1.00 bits per heavy atom. The molecule has 28 heavy (non-hydrogen) atoms. The number of oxime groups is 1. The molecular weight excluding hydrogens is 415 g/mol. The molecule has 0 saturated carbocycles. The Balaban J connectivity index is 2.38. The molecule has 1 atom stereocenters. The van der Waals surface area contributed by atoms with Crippen LogP contribution in [-0.4, -0.2) is 12.8 Å². The Hall–Kier alpha value is -2.51. The summed E-state index contributed by atoms with van der Waals surface area (Å²) in [7, 11) is 1.46. The molecule has 0 aromatic heterocycles. The molecule has 0 heterocycles. The Morgan fingerprint density at radius 3 is 2.32 bits per heavy atom. The Morgan fingerprint density at radius 2 is 1.68 bits per heavy atom. The first-order chi connectivity index (χ1) is 13.6. The molecule has 1 unspecified atom stereocenters. The van der Waals surface area contributed by atoms with Crippen molar-refractivity contribution in [1.29, 1.82) is 5.26 Å². The second-order valence-corrected chi connectivity index (χ2v) is 7.16. The third kappa shape index (κ3) is 4.15. The fourth-order valence-electron chi connectivity index (χ4n) is 3.04. The van der Waals surface area contributed by atoms with Crippen molar-refractivity contribution in [2.45, 2.75) is 5.92 Å². The molecule has 6 heteroatoms. The van der Waals surface area contributed by atoms with Gasteiger partial charge in [0.2, 0.25) is 0 Å². The van der Waals surface area contributed by atoms with Crippen molar-refractivity contribution in [1.82, 2.24) is 0 Å². The van der Waals surface area contributed by atoms with E-state index in [1.54, 1.807) is 30.4 Å². The molecule has 0 spiro atoms. The smallest absolute Gasteiger partial charge is 0.110 e. The zero-order valence-corrected chi connectivity index (χ0v) is 17.1. The van der Waals surface area contributed by atoms with Gasteiger partial charge in [0.25, 0.3) is 0 Å². The second-order valence-electron chi connectivity index (χ2n) is 5.91. The van der Waals surface area contributed by atoms with E-state index in [0.717, 1.165) is 0 Å². The van der Waals surface area contributed by atoms with Crippen LogP contribution in [0.15, 0.2) is 82.5 Å². The maximum atomic E-state index is 10.1. The zero-order valence-electron chi connectivity index (χ0n) is 14.9. The lowest BCUT2D eigenvalue weighted by Crippen LogP contribution is -2.11. The van der Waals surface area contributed by atoms with Crippen molar-refractivity contribution >= 4 is 46.1 Å². The van der Waals surface area contributed by atoms with E-state index in [1.165, 1.54) is 7.11 Å². The molecule has 0 N–H and O–H groups in total. The third-order valence-corrected chi connectivity index (χ3v) is 5.15. The molecule has 3 nitrogen and oxygen atoms in total. The summed E-state index contributed by atoms with van der Waals surface area (Å²) in [4.78, 5) is 4.99. The van der Waals surface area contributed by atoms with E-state index in [0.29, 0.717) is 43.1 Å². The SMILES string of the molecule is CO/N=C1\C=CC(Cl)=C\C1=C(\c1ccccc1Cl)C(C#N)c1ccccc1Cl. The monoisotopic (exact) mass is 428 g/mol. The van der Waals surface area contributed by atoms with Crippen molar-refractivity contribution in [3.63, 3.8) is 0 Å². The van der Waals surface area contributed by atoms with E-state index in [9.17, 15) is 5.26 Å². The molecule has 0 bridgehead atoms. The van der Waals surface area contributed by atoms with E-state index in [2.05, 4.69) is 11.2 Å². The van der Waals surface area contributed by atoms with Crippen molar-refractivity contribution in [3.05, 3.63) is 98.5 Å². The number of halogens is 3. The highest BCUT2D eigenvalue weighted by molar-refractivity contribution is 6.35. The van der Waals surface area contributed by atoms with Gasteiger partial charge in [-0.1, -0.05) is 76.4 Å². The molecule has 0 radical (unpaired) electrons. The number of nitrogens with zero attached hydrogens (tertiary/aromatic N) is 2. The van der Waals surface area contributed by atoms with Gasteiger partial charge in [0.1, 0.15) is 12.8 Å². The van der Waals surface area contributed by atoms with E-state index >= 15 is 0 Å². The van der Waals surface area contributed by atoms with Crippen molar-refractivity contribution in [2.75, 3.05) is 7.11 Å². The molecule has 2 aromatic rings. The van der Waals surface area contributed by atoms with Gasteiger partial charge >= 0.3 is 0 Å². The number of rotatable bonds is 4. The molecule has 3 rings (SSSR count). The van der Waals surface area contributed by atoms with Crippen LogP contribution in [0.1, 0.15) is 17.0 Å². The van der Waals surface area contributed by atoms with E-state index in [-0.39, 0.29) is 0 Å². The lowest BCUT2D eigenvalue weighted by atomic mass is 9.82. The minimum Gasteiger partial charge on any atom is -0.399 e. The van der Waals surface area contributed by atoms with Crippen LogP contribution in [0.2, 0.25) is 10.0 Å². The summed E-state index contributed by atoms with van der Waals surface area (Å²) >= 11 is 19.2. The standard InChI is InChI=1S/C22H15Cl3N2O/c1-28-27-21-11-10-14(23)12-17(21)22(16-7-3-5-9-20(16)25)18(13-26)15-6-2-4-8-19(15)24/h2-12,18H,1H3/b22-17+,27-21+. The van der Waals surface area contributed by atoms with Crippen LogP contribution in [0.3, 0.4) is 0 Å². The first kappa shape index (κ1) is 20.2. The van der Waals surface area contributed by atoms with Gasteiger partial charge in [0.05, 0.1) is 12.0 Å². The largest absolute Gasteiger partial charge is 0.399 e. The van der Waals surface area contributed by atoms with E-state index < -0.39 is 5.92 Å². The number of nitriles is 1. The molecule has 0 fully saturated rings. The fourth-order valence-corrected chi connectivity index (χ4v) is 3.69. The fraction of sp³-hybridized carbons (Fsp3) is 0.0909. The molecule has 0 aliphatic heterocycles. The molecule has 1 aliphatic rings. The van der Waals surface area contributed by atoms with Crippen molar-refractivity contribution in [3.8, 4) is 6.07 Å². The van der Waals surface area contributed by atoms with Gasteiger partial charge in [-0.3, -0.25) is 0 Å². The lowest BCUT2D eigenvalue weighted by Gasteiger charge is -2.22. The zero-order chi connectivity index (χ0) is 20.1. The van der Waals surface area contributed by atoms with Crippen molar-refractivity contribution in [2.24, 2.45) is 5.16 Å². The Labute approximate surface area is 178 Å². The van der Waals surface area contributed by atoms with Crippen molar-refractivity contribution < 1.29 is 4.84 Å². The van der Waals surface area contributed by atoms with Gasteiger partial charge in [-0.05, 0) is 47.1 Å². The van der Waals surface area contributed by atoms with Gasteiger partial charge in [0, 0.05) is 20.7 Å². The number of hydrogen-bond acceptors (Lipinski definition) is 3.